The van der Waals surface area contributed by atoms with Crippen molar-refractivity contribution in [2.75, 3.05) is 11.9 Å². The molecule has 0 radical (unpaired) electrons. The smallest absolute Gasteiger partial charge is 0.251 e. The molecule has 0 aliphatic carbocycles. The number of hydrogen-bond acceptors (Lipinski definition) is 4. The summed E-state index contributed by atoms with van der Waals surface area (Å²) in [5, 5.41) is 10.6. The first-order valence-corrected chi connectivity index (χ1v) is 9.13. The van der Waals surface area contributed by atoms with Crippen LogP contribution in [0.2, 0.25) is 0 Å². The Labute approximate surface area is 164 Å². The molecule has 0 fully saturated rings. The van der Waals surface area contributed by atoms with E-state index in [0.29, 0.717) is 11.3 Å². The normalized spacial score (nSPS) is 11.5. The van der Waals surface area contributed by atoms with Crippen molar-refractivity contribution in [3.63, 3.8) is 0 Å². The standard InChI is InChI=1S/C21H25N5O2/c1-13-17-10-16(11-22-19(17)26(5)25-13)24-18(27)12-23-20(28)14-6-8-15(9-7-14)21(2,3)4/h6-11H,12H2,1-5H3,(H,23,28)(H,24,27). The van der Waals surface area contributed by atoms with E-state index >= 15 is 0 Å². The van der Waals surface area contributed by atoms with Crippen LogP contribution in [0.4, 0.5) is 5.69 Å². The third-order valence-electron chi connectivity index (χ3n) is 4.57. The lowest BCUT2D eigenvalue weighted by Crippen LogP contribution is -2.32. The molecule has 0 atom stereocenters. The number of hydrogen-bond donors (Lipinski definition) is 2. The number of carbonyl (C=O) groups excluding carboxylic acids is 2. The van der Waals surface area contributed by atoms with Crippen molar-refractivity contribution in [1.82, 2.24) is 20.1 Å². The fraction of sp³-hybridized carbons (Fsp3) is 0.333. The van der Waals surface area contributed by atoms with Gasteiger partial charge < -0.3 is 10.6 Å². The van der Waals surface area contributed by atoms with Crippen molar-refractivity contribution in [3.05, 3.63) is 53.3 Å². The second-order valence-corrected chi connectivity index (χ2v) is 7.86. The Kier molecular flexibility index (Phi) is 5.18. The lowest BCUT2D eigenvalue weighted by atomic mass is 9.87. The van der Waals surface area contributed by atoms with E-state index in [1.54, 1.807) is 23.0 Å². The summed E-state index contributed by atoms with van der Waals surface area (Å²) in [5.41, 5.74) is 3.86. The van der Waals surface area contributed by atoms with Crippen LogP contribution < -0.4 is 10.6 Å². The maximum atomic E-state index is 12.3. The van der Waals surface area contributed by atoms with Gasteiger partial charge in [-0.15, -0.1) is 0 Å². The van der Waals surface area contributed by atoms with E-state index in [0.717, 1.165) is 22.3 Å². The van der Waals surface area contributed by atoms with E-state index in [4.69, 9.17) is 0 Å². The molecule has 7 heteroatoms. The highest BCUT2D eigenvalue weighted by Crippen LogP contribution is 2.22. The number of aryl methyl sites for hydroxylation is 2. The monoisotopic (exact) mass is 379 g/mol. The number of nitrogens with zero attached hydrogens (tertiary/aromatic N) is 3. The molecular formula is C21H25N5O2. The van der Waals surface area contributed by atoms with Gasteiger partial charge in [0, 0.05) is 18.0 Å². The molecule has 0 aliphatic rings. The van der Waals surface area contributed by atoms with Gasteiger partial charge in [-0.05, 0) is 36.1 Å². The predicted molar refractivity (Wildman–Crippen MR) is 109 cm³/mol. The van der Waals surface area contributed by atoms with Crippen LogP contribution in [-0.4, -0.2) is 33.1 Å². The van der Waals surface area contributed by atoms with E-state index in [9.17, 15) is 9.59 Å². The molecule has 146 valence electrons. The molecule has 28 heavy (non-hydrogen) atoms. The molecule has 2 N–H and O–H groups in total. The molecule has 7 nitrogen and oxygen atoms in total. The molecule has 2 amide bonds. The third kappa shape index (κ3) is 4.19. The minimum absolute atomic E-state index is 0.0245. The van der Waals surface area contributed by atoms with Crippen molar-refractivity contribution in [2.24, 2.45) is 7.05 Å². The van der Waals surface area contributed by atoms with Gasteiger partial charge in [-0.2, -0.15) is 5.10 Å². The van der Waals surface area contributed by atoms with Crippen LogP contribution in [0.15, 0.2) is 36.5 Å². The lowest BCUT2D eigenvalue weighted by Gasteiger charge is -2.19. The minimum atomic E-state index is -0.317. The molecule has 0 bridgehead atoms. The Morgan fingerprint density at radius 1 is 1.14 bits per heavy atom. The van der Waals surface area contributed by atoms with Gasteiger partial charge >= 0.3 is 0 Å². The minimum Gasteiger partial charge on any atom is -0.343 e. The number of rotatable bonds is 4. The summed E-state index contributed by atoms with van der Waals surface area (Å²) in [6.07, 6.45) is 1.58. The third-order valence-corrected chi connectivity index (χ3v) is 4.57. The van der Waals surface area contributed by atoms with Crippen LogP contribution in [0.1, 0.15) is 42.4 Å². The predicted octanol–water partition coefficient (Wildman–Crippen LogP) is 2.94. The van der Waals surface area contributed by atoms with E-state index < -0.39 is 0 Å². The number of pyridine rings is 1. The zero-order valence-electron chi connectivity index (χ0n) is 16.8. The molecule has 0 saturated carbocycles. The molecule has 3 rings (SSSR count). The van der Waals surface area contributed by atoms with Crippen molar-refractivity contribution >= 4 is 28.5 Å². The van der Waals surface area contributed by atoms with Gasteiger partial charge in [-0.3, -0.25) is 14.3 Å². The van der Waals surface area contributed by atoms with Crippen molar-refractivity contribution < 1.29 is 9.59 Å². The molecule has 1 aromatic carbocycles. The van der Waals surface area contributed by atoms with Crippen molar-refractivity contribution in [3.8, 4) is 0 Å². The maximum Gasteiger partial charge on any atom is 0.251 e. The molecule has 3 aromatic rings. The second kappa shape index (κ2) is 7.42. The molecule has 0 unspecified atom stereocenters. The van der Waals surface area contributed by atoms with Crippen LogP contribution in [0.5, 0.6) is 0 Å². The van der Waals surface area contributed by atoms with Gasteiger partial charge in [-0.25, -0.2) is 4.98 Å². The number of benzene rings is 1. The fourth-order valence-electron chi connectivity index (χ4n) is 2.97. The summed E-state index contributed by atoms with van der Waals surface area (Å²) in [5.74, 6) is -0.602. The number of amides is 2. The van der Waals surface area contributed by atoms with Crippen molar-refractivity contribution in [1.29, 1.82) is 0 Å². The van der Waals surface area contributed by atoms with Gasteiger partial charge in [0.25, 0.3) is 5.91 Å². The van der Waals surface area contributed by atoms with Crippen LogP contribution in [-0.2, 0) is 17.3 Å². The van der Waals surface area contributed by atoms with Crippen LogP contribution >= 0.6 is 0 Å². The Hall–Kier alpha value is -3.22. The molecule has 0 saturated heterocycles. The molecular weight excluding hydrogens is 354 g/mol. The van der Waals surface area contributed by atoms with Crippen molar-refractivity contribution in [2.45, 2.75) is 33.1 Å². The maximum absolute atomic E-state index is 12.3. The van der Waals surface area contributed by atoms with Crippen LogP contribution in [0.25, 0.3) is 11.0 Å². The highest BCUT2D eigenvalue weighted by Gasteiger charge is 2.15. The summed E-state index contributed by atoms with van der Waals surface area (Å²) in [6.45, 7) is 8.12. The Morgan fingerprint density at radius 2 is 1.82 bits per heavy atom. The average Bonchev–Trinajstić information content (AvgIpc) is 2.92. The number of anilines is 1. The second-order valence-electron chi connectivity index (χ2n) is 7.86. The van der Waals surface area contributed by atoms with E-state index in [1.165, 1.54) is 0 Å². The number of fused-ring (bicyclic) bond motifs is 1. The first-order valence-electron chi connectivity index (χ1n) is 9.13. The SMILES string of the molecule is Cc1nn(C)c2ncc(NC(=O)CNC(=O)c3ccc(C(C)(C)C)cc3)cc12. The van der Waals surface area contributed by atoms with Gasteiger partial charge in [0.15, 0.2) is 5.65 Å². The summed E-state index contributed by atoms with van der Waals surface area (Å²) in [7, 11) is 1.82. The molecule has 2 aromatic heterocycles. The summed E-state index contributed by atoms with van der Waals surface area (Å²) in [4.78, 5) is 28.8. The largest absolute Gasteiger partial charge is 0.343 e. The number of carbonyl (C=O) groups is 2. The quantitative estimate of drug-likeness (QED) is 0.729. The van der Waals surface area contributed by atoms with E-state index in [1.807, 2.05) is 32.2 Å². The first-order chi connectivity index (χ1) is 13.1. The molecule has 0 spiro atoms. The molecule has 0 aliphatic heterocycles. The highest BCUT2D eigenvalue weighted by atomic mass is 16.2. The zero-order valence-corrected chi connectivity index (χ0v) is 16.8. The molecule has 2 heterocycles. The van der Waals surface area contributed by atoms with Gasteiger partial charge in [-0.1, -0.05) is 32.9 Å². The van der Waals surface area contributed by atoms with Crippen LogP contribution in [0.3, 0.4) is 0 Å². The number of nitrogens with one attached hydrogen (secondary N) is 2. The lowest BCUT2D eigenvalue weighted by molar-refractivity contribution is -0.115. The van der Waals surface area contributed by atoms with Gasteiger partial charge in [0.05, 0.1) is 24.1 Å². The first kappa shape index (κ1) is 19.5. The number of aromatic nitrogens is 3. The van der Waals surface area contributed by atoms with E-state index in [2.05, 4.69) is 41.5 Å². The fourth-order valence-corrected chi connectivity index (χ4v) is 2.97. The topological polar surface area (TPSA) is 88.9 Å². The summed E-state index contributed by atoms with van der Waals surface area (Å²) < 4.78 is 1.70. The van der Waals surface area contributed by atoms with Crippen LogP contribution in [0, 0.1) is 6.92 Å². The highest BCUT2D eigenvalue weighted by molar-refractivity contribution is 5.99. The van der Waals surface area contributed by atoms with E-state index in [-0.39, 0.29) is 23.8 Å². The Morgan fingerprint density at radius 3 is 2.46 bits per heavy atom. The van der Waals surface area contributed by atoms with Gasteiger partial charge in [0.2, 0.25) is 5.91 Å². The Balaban J connectivity index is 1.59. The Bertz CT molecular complexity index is 1030. The average molecular weight is 379 g/mol. The zero-order chi connectivity index (χ0) is 20.5. The summed E-state index contributed by atoms with van der Waals surface area (Å²) in [6, 6.07) is 9.25. The van der Waals surface area contributed by atoms with Gasteiger partial charge in [0.1, 0.15) is 0 Å². The summed E-state index contributed by atoms with van der Waals surface area (Å²) >= 11 is 0.